The van der Waals surface area contributed by atoms with Gasteiger partial charge in [-0.15, -0.1) is 0 Å². The van der Waals surface area contributed by atoms with Crippen molar-refractivity contribution in [2.75, 3.05) is 17.2 Å². The fourth-order valence-electron chi connectivity index (χ4n) is 1.80. The van der Waals surface area contributed by atoms with E-state index in [9.17, 15) is 4.79 Å². The van der Waals surface area contributed by atoms with Crippen LogP contribution in [-0.4, -0.2) is 17.4 Å². The quantitative estimate of drug-likeness (QED) is 0.882. The molecule has 98 valence electrons. The average molecular weight is 255 g/mol. The number of anilines is 2. The number of rotatable bonds is 4. The summed E-state index contributed by atoms with van der Waals surface area (Å²) in [6, 6.07) is 9.29. The van der Waals surface area contributed by atoms with Gasteiger partial charge in [0.05, 0.1) is 11.4 Å². The van der Waals surface area contributed by atoms with Gasteiger partial charge in [0.15, 0.2) is 0 Å². The molecule has 2 N–H and O–H groups in total. The third-order valence-electron chi connectivity index (χ3n) is 2.73. The average Bonchev–Trinajstić information content (AvgIpc) is 2.43. The minimum atomic E-state index is -0.134. The fourth-order valence-corrected chi connectivity index (χ4v) is 1.80. The highest BCUT2D eigenvalue weighted by molar-refractivity contribution is 6.05. The van der Waals surface area contributed by atoms with Gasteiger partial charge in [-0.3, -0.25) is 9.78 Å². The molecule has 2 aromatic rings. The van der Waals surface area contributed by atoms with Crippen LogP contribution in [0.3, 0.4) is 0 Å². The van der Waals surface area contributed by atoms with Crippen molar-refractivity contribution in [3.05, 3.63) is 53.9 Å². The second kappa shape index (κ2) is 6.00. The lowest BCUT2D eigenvalue weighted by molar-refractivity contribution is 0.102. The Morgan fingerprint density at radius 3 is 2.58 bits per heavy atom. The number of carbonyl (C=O) groups is 1. The molecule has 0 aliphatic heterocycles. The molecule has 0 spiro atoms. The molecule has 0 atom stereocenters. The van der Waals surface area contributed by atoms with E-state index in [1.54, 1.807) is 24.5 Å². The van der Waals surface area contributed by atoms with Crippen molar-refractivity contribution in [2.45, 2.75) is 13.8 Å². The highest BCUT2D eigenvalue weighted by Crippen LogP contribution is 2.23. The van der Waals surface area contributed by atoms with E-state index in [1.807, 2.05) is 32.0 Å². The molecule has 0 aliphatic rings. The van der Waals surface area contributed by atoms with Crippen LogP contribution in [0, 0.1) is 6.92 Å². The van der Waals surface area contributed by atoms with Gasteiger partial charge in [0.2, 0.25) is 0 Å². The molecule has 0 radical (unpaired) electrons. The first-order valence-corrected chi connectivity index (χ1v) is 6.26. The smallest absolute Gasteiger partial charge is 0.255 e. The van der Waals surface area contributed by atoms with Crippen LogP contribution in [0.2, 0.25) is 0 Å². The summed E-state index contributed by atoms with van der Waals surface area (Å²) in [7, 11) is 0. The summed E-state index contributed by atoms with van der Waals surface area (Å²) in [5.41, 5.74) is 3.47. The minimum Gasteiger partial charge on any atom is -0.384 e. The number of aryl methyl sites for hydroxylation is 1. The Morgan fingerprint density at radius 2 is 1.89 bits per heavy atom. The first-order chi connectivity index (χ1) is 9.20. The third-order valence-corrected chi connectivity index (χ3v) is 2.73. The van der Waals surface area contributed by atoms with Crippen molar-refractivity contribution in [3.8, 4) is 0 Å². The third kappa shape index (κ3) is 3.31. The van der Waals surface area contributed by atoms with Crippen molar-refractivity contribution < 1.29 is 4.79 Å². The first-order valence-electron chi connectivity index (χ1n) is 6.26. The van der Waals surface area contributed by atoms with Gasteiger partial charge >= 0.3 is 0 Å². The van der Waals surface area contributed by atoms with E-state index < -0.39 is 0 Å². The highest BCUT2D eigenvalue weighted by atomic mass is 16.1. The summed E-state index contributed by atoms with van der Waals surface area (Å²) >= 11 is 0. The summed E-state index contributed by atoms with van der Waals surface area (Å²) in [6.07, 6.45) is 3.21. The SMILES string of the molecule is CCNc1cc(C)ccc1NC(=O)c1ccncc1. The molecule has 0 unspecified atom stereocenters. The summed E-state index contributed by atoms with van der Waals surface area (Å²) in [4.78, 5) is 16.0. The molecule has 0 fully saturated rings. The van der Waals surface area contributed by atoms with Crippen LogP contribution in [0.15, 0.2) is 42.7 Å². The number of carbonyl (C=O) groups excluding carboxylic acids is 1. The summed E-state index contributed by atoms with van der Waals surface area (Å²) in [5.74, 6) is -0.134. The number of amides is 1. The second-order valence-corrected chi connectivity index (χ2v) is 4.27. The maximum Gasteiger partial charge on any atom is 0.255 e. The Bertz CT molecular complexity index is 567. The molecule has 0 bridgehead atoms. The van der Waals surface area contributed by atoms with Crippen LogP contribution in [0.25, 0.3) is 0 Å². The van der Waals surface area contributed by atoms with Crippen molar-refractivity contribution in [1.82, 2.24) is 4.98 Å². The van der Waals surface area contributed by atoms with Gasteiger partial charge in [-0.25, -0.2) is 0 Å². The molecular weight excluding hydrogens is 238 g/mol. The zero-order valence-corrected chi connectivity index (χ0v) is 11.1. The first kappa shape index (κ1) is 13.1. The van der Waals surface area contributed by atoms with E-state index in [1.165, 1.54) is 0 Å². The fraction of sp³-hybridized carbons (Fsp3) is 0.200. The predicted octanol–water partition coefficient (Wildman–Crippen LogP) is 3.07. The number of hydrogen-bond acceptors (Lipinski definition) is 3. The zero-order chi connectivity index (χ0) is 13.7. The van der Waals surface area contributed by atoms with Gasteiger partial charge in [-0.2, -0.15) is 0 Å². The van der Waals surface area contributed by atoms with E-state index in [2.05, 4.69) is 15.6 Å². The van der Waals surface area contributed by atoms with Crippen LogP contribution >= 0.6 is 0 Å². The van der Waals surface area contributed by atoms with Gasteiger partial charge in [0, 0.05) is 24.5 Å². The van der Waals surface area contributed by atoms with Gasteiger partial charge in [-0.1, -0.05) is 6.07 Å². The van der Waals surface area contributed by atoms with Crippen LogP contribution in [-0.2, 0) is 0 Å². The maximum atomic E-state index is 12.1. The van der Waals surface area contributed by atoms with E-state index in [4.69, 9.17) is 0 Å². The van der Waals surface area contributed by atoms with Crippen LogP contribution in [0.4, 0.5) is 11.4 Å². The van der Waals surface area contributed by atoms with Crippen molar-refractivity contribution >= 4 is 17.3 Å². The molecule has 1 aromatic heterocycles. The van der Waals surface area contributed by atoms with Crippen molar-refractivity contribution in [2.24, 2.45) is 0 Å². The van der Waals surface area contributed by atoms with E-state index in [0.717, 1.165) is 23.5 Å². The Balaban J connectivity index is 2.21. The topological polar surface area (TPSA) is 54.0 Å². The van der Waals surface area contributed by atoms with Gasteiger partial charge < -0.3 is 10.6 Å². The molecule has 2 rings (SSSR count). The molecule has 0 saturated carbocycles. The molecule has 1 aromatic carbocycles. The standard InChI is InChI=1S/C15H17N3O/c1-3-17-14-10-11(2)4-5-13(14)18-15(19)12-6-8-16-9-7-12/h4-10,17H,3H2,1-2H3,(H,18,19). The molecule has 4 nitrogen and oxygen atoms in total. The highest BCUT2D eigenvalue weighted by Gasteiger charge is 2.08. The number of aromatic nitrogens is 1. The van der Waals surface area contributed by atoms with Gasteiger partial charge in [-0.05, 0) is 43.7 Å². The lowest BCUT2D eigenvalue weighted by Gasteiger charge is -2.13. The van der Waals surface area contributed by atoms with E-state index in [-0.39, 0.29) is 5.91 Å². The predicted molar refractivity (Wildman–Crippen MR) is 77.5 cm³/mol. The molecule has 0 saturated heterocycles. The molecule has 0 aliphatic carbocycles. The Morgan fingerprint density at radius 1 is 1.16 bits per heavy atom. The number of benzene rings is 1. The molecule has 4 heteroatoms. The largest absolute Gasteiger partial charge is 0.384 e. The maximum absolute atomic E-state index is 12.1. The molecule has 19 heavy (non-hydrogen) atoms. The normalized spacial score (nSPS) is 10.0. The van der Waals surface area contributed by atoms with E-state index in [0.29, 0.717) is 5.56 Å². The van der Waals surface area contributed by atoms with Crippen LogP contribution < -0.4 is 10.6 Å². The van der Waals surface area contributed by atoms with Crippen molar-refractivity contribution in [1.29, 1.82) is 0 Å². The van der Waals surface area contributed by atoms with Gasteiger partial charge in [0.1, 0.15) is 0 Å². The van der Waals surface area contributed by atoms with E-state index >= 15 is 0 Å². The lowest BCUT2D eigenvalue weighted by atomic mass is 10.1. The number of hydrogen-bond donors (Lipinski definition) is 2. The zero-order valence-electron chi connectivity index (χ0n) is 11.1. The number of nitrogens with zero attached hydrogens (tertiary/aromatic N) is 1. The number of pyridine rings is 1. The van der Waals surface area contributed by atoms with Crippen LogP contribution in [0.1, 0.15) is 22.8 Å². The Hall–Kier alpha value is -2.36. The lowest BCUT2D eigenvalue weighted by Crippen LogP contribution is -2.13. The molecular formula is C15H17N3O. The van der Waals surface area contributed by atoms with Gasteiger partial charge in [0.25, 0.3) is 5.91 Å². The summed E-state index contributed by atoms with van der Waals surface area (Å²) < 4.78 is 0. The van der Waals surface area contributed by atoms with Crippen molar-refractivity contribution in [3.63, 3.8) is 0 Å². The second-order valence-electron chi connectivity index (χ2n) is 4.27. The monoisotopic (exact) mass is 255 g/mol. The summed E-state index contributed by atoms with van der Waals surface area (Å²) in [5, 5.41) is 6.16. The Labute approximate surface area is 112 Å². The molecule has 1 heterocycles. The van der Waals surface area contributed by atoms with Crippen LogP contribution in [0.5, 0.6) is 0 Å². The Kier molecular flexibility index (Phi) is 4.13. The minimum absolute atomic E-state index is 0.134. The number of nitrogens with one attached hydrogen (secondary N) is 2. The summed E-state index contributed by atoms with van der Waals surface area (Å²) in [6.45, 7) is 4.85. The molecule has 1 amide bonds.